The summed E-state index contributed by atoms with van der Waals surface area (Å²) in [6, 6.07) is 0. The summed E-state index contributed by atoms with van der Waals surface area (Å²) in [5.41, 5.74) is 0.612. The van der Waals surface area contributed by atoms with Crippen molar-refractivity contribution in [3.63, 3.8) is 0 Å². The Balaban J connectivity index is 2.29. The monoisotopic (exact) mass is 199 g/mol. The molecular formula is C9H17N3O2. The zero-order valence-corrected chi connectivity index (χ0v) is 8.68. The molecule has 1 atom stereocenters. The summed E-state index contributed by atoms with van der Waals surface area (Å²) in [7, 11) is 0. The zero-order valence-electron chi connectivity index (χ0n) is 8.68. The Kier molecular flexibility index (Phi) is 4.55. The number of rotatable bonds is 6. The van der Waals surface area contributed by atoms with Gasteiger partial charge in [-0.05, 0) is 20.3 Å². The van der Waals surface area contributed by atoms with Gasteiger partial charge in [0.05, 0.1) is 12.3 Å². The number of aromatic nitrogens is 3. The lowest BCUT2D eigenvalue weighted by Gasteiger charge is -2.00. The average molecular weight is 199 g/mol. The first-order valence-corrected chi connectivity index (χ1v) is 4.90. The second-order valence-electron chi connectivity index (χ2n) is 3.13. The normalized spacial score (nSPS) is 13.1. The van der Waals surface area contributed by atoms with Crippen molar-refractivity contribution in [3.8, 4) is 0 Å². The highest BCUT2D eigenvalue weighted by molar-refractivity contribution is 4.95. The van der Waals surface area contributed by atoms with E-state index in [1.54, 1.807) is 17.8 Å². The van der Waals surface area contributed by atoms with Crippen molar-refractivity contribution in [2.24, 2.45) is 0 Å². The van der Waals surface area contributed by atoms with Crippen LogP contribution in [0.1, 0.15) is 32.1 Å². The van der Waals surface area contributed by atoms with Gasteiger partial charge in [0.2, 0.25) is 0 Å². The maximum atomic E-state index is 9.21. The van der Waals surface area contributed by atoms with Gasteiger partial charge in [0.15, 0.2) is 0 Å². The summed E-state index contributed by atoms with van der Waals surface area (Å²) in [5, 5.41) is 16.9. The van der Waals surface area contributed by atoms with E-state index in [9.17, 15) is 5.11 Å². The van der Waals surface area contributed by atoms with Crippen LogP contribution in [0.5, 0.6) is 0 Å². The van der Waals surface area contributed by atoms with Crippen molar-refractivity contribution in [2.45, 2.75) is 32.9 Å². The zero-order chi connectivity index (χ0) is 10.4. The summed E-state index contributed by atoms with van der Waals surface area (Å²) in [6.45, 7) is 5.91. The largest absolute Gasteiger partial charge is 0.387 e. The van der Waals surface area contributed by atoms with E-state index in [0.717, 1.165) is 26.2 Å². The second kappa shape index (κ2) is 5.72. The molecule has 0 aliphatic heterocycles. The molecule has 0 radical (unpaired) electrons. The number of aliphatic hydroxyl groups is 1. The van der Waals surface area contributed by atoms with Gasteiger partial charge in [-0.1, -0.05) is 5.21 Å². The van der Waals surface area contributed by atoms with Gasteiger partial charge in [0.1, 0.15) is 5.69 Å². The SMILES string of the molecule is CCOCCCn1cc(C(C)O)nn1. The molecule has 14 heavy (non-hydrogen) atoms. The molecule has 1 rings (SSSR count). The van der Waals surface area contributed by atoms with Crippen LogP contribution in [0.4, 0.5) is 0 Å². The Labute approximate surface area is 83.7 Å². The van der Waals surface area contributed by atoms with Gasteiger partial charge in [-0.3, -0.25) is 4.68 Å². The molecular weight excluding hydrogens is 182 g/mol. The smallest absolute Gasteiger partial charge is 0.111 e. The topological polar surface area (TPSA) is 60.2 Å². The van der Waals surface area contributed by atoms with Gasteiger partial charge in [0, 0.05) is 19.8 Å². The predicted octanol–water partition coefficient (Wildman–Crippen LogP) is 0.758. The van der Waals surface area contributed by atoms with Crippen LogP contribution in [0.3, 0.4) is 0 Å². The van der Waals surface area contributed by atoms with Crippen LogP contribution >= 0.6 is 0 Å². The number of hydrogen-bond donors (Lipinski definition) is 1. The third-order valence-electron chi connectivity index (χ3n) is 1.86. The molecule has 0 fully saturated rings. The summed E-state index contributed by atoms with van der Waals surface area (Å²) >= 11 is 0. The minimum Gasteiger partial charge on any atom is -0.387 e. The molecule has 1 unspecified atom stereocenters. The van der Waals surface area contributed by atoms with Crippen LogP contribution in [0.25, 0.3) is 0 Å². The van der Waals surface area contributed by atoms with E-state index in [-0.39, 0.29) is 0 Å². The maximum absolute atomic E-state index is 9.21. The molecule has 0 saturated carbocycles. The highest BCUT2D eigenvalue weighted by Crippen LogP contribution is 2.06. The van der Waals surface area contributed by atoms with Gasteiger partial charge in [0.25, 0.3) is 0 Å². The molecule has 0 aliphatic carbocycles. The van der Waals surface area contributed by atoms with Crippen molar-refractivity contribution in [2.75, 3.05) is 13.2 Å². The molecule has 0 bridgehead atoms. The first-order valence-electron chi connectivity index (χ1n) is 4.90. The van der Waals surface area contributed by atoms with E-state index >= 15 is 0 Å². The molecule has 5 heteroatoms. The Morgan fingerprint density at radius 1 is 1.64 bits per heavy atom. The van der Waals surface area contributed by atoms with E-state index in [0.29, 0.717) is 5.69 Å². The minimum absolute atomic E-state index is 0.546. The van der Waals surface area contributed by atoms with Crippen LogP contribution in [-0.4, -0.2) is 33.3 Å². The molecule has 1 N–H and O–H groups in total. The Morgan fingerprint density at radius 2 is 2.43 bits per heavy atom. The molecule has 0 spiro atoms. The highest BCUT2D eigenvalue weighted by Gasteiger charge is 2.05. The van der Waals surface area contributed by atoms with E-state index in [1.807, 2.05) is 6.92 Å². The van der Waals surface area contributed by atoms with Crippen molar-refractivity contribution < 1.29 is 9.84 Å². The van der Waals surface area contributed by atoms with Crippen LogP contribution in [0, 0.1) is 0 Å². The van der Waals surface area contributed by atoms with Crippen molar-refractivity contribution in [1.29, 1.82) is 0 Å². The lowest BCUT2D eigenvalue weighted by atomic mass is 10.3. The van der Waals surface area contributed by atoms with Crippen LogP contribution in [0.15, 0.2) is 6.20 Å². The Hall–Kier alpha value is -0.940. The van der Waals surface area contributed by atoms with Gasteiger partial charge in [-0.25, -0.2) is 0 Å². The second-order valence-corrected chi connectivity index (χ2v) is 3.13. The van der Waals surface area contributed by atoms with Gasteiger partial charge in [-0.2, -0.15) is 0 Å². The Morgan fingerprint density at radius 3 is 3.00 bits per heavy atom. The number of hydrogen-bond acceptors (Lipinski definition) is 4. The predicted molar refractivity (Wildman–Crippen MR) is 51.8 cm³/mol. The lowest BCUT2D eigenvalue weighted by Crippen LogP contribution is -2.03. The fraction of sp³-hybridized carbons (Fsp3) is 0.778. The molecule has 0 saturated heterocycles. The molecule has 1 aromatic heterocycles. The third kappa shape index (κ3) is 3.43. The highest BCUT2D eigenvalue weighted by atomic mass is 16.5. The lowest BCUT2D eigenvalue weighted by molar-refractivity contribution is 0.140. The van der Waals surface area contributed by atoms with Crippen LogP contribution in [0.2, 0.25) is 0 Å². The van der Waals surface area contributed by atoms with Crippen molar-refractivity contribution in [3.05, 3.63) is 11.9 Å². The molecule has 0 aromatic carbocycles. The average Bonchev–Trinajstić information content (AvgIpc) is 2.61. The van der Waals surface area contributed by atoms with Gasteiger partial charge >= 0.3 is 0 Å². The minimum atomic E-state index is -0.546. The van der Waals surface area contributed by atoms with Crippen LogP contribution < -0.4 is 0 Å². The fourth-order valence-corrected chi connectivity index (χ4v) is 1.09. The summed E-state index contributed by atoms with van der Waals surface area (Å²) in [5.74, 6) is 0. The molecule has 80 valence electrons. The van der Waals surface area contributed by atoms with Crippen molar-refractivity contribution in [1.82, 2.24) is 15.0 Å². The molecule has 1 heterocycles. The number of ether oxygens (including phenoxy) is 1. The van der Waals surface area contributed by atoms with Crippen LogP contribution in [-0.2, 0) is 11.3 Å². The van der Waals surface area contributed by atoms with E-state index in [1.165, 1.54) is 0 Å². The number of aliphatic hydroxyl groups excluding tert-OH is 1. The summed E-state index contributed by atoms with van der Waals surface area (Å²) in [6.07, 6.45) is 2.13. The number of nitrogens with zero attached hydrogens (tertiary/aromatic N) is 3. The number of aryl methyl sites for hydroxylation is 1. The maximum Gasteiger partial charge on any atom is 0.111 e. The quantitative estimate of drug-likeness (QED) is 0.687. The van der Waals surface area contributed by atoms with Gasteiger partial charge < -0.3 is 9.84 Å². The Bertz CT molecular complexity index is 260. The molecule has 0 amide bonds. The van der Waals surface area contributed by atoms with Gasteiger partial charge in [-0.15, -0.1) is 5.10 Å². The van der Waals surface area contributed by atoms with Crippen molar-refractivity contribution >= 4 is 0 Å². The van der Waals surface area contributed by atoms with E-state index in [2.05, 4.69) is 10.3 Å². The van der Waals surface area contributed by atoms with E-state index < -0.39 is 6.10 Å². The fourth-order valence-electron chi connectivity index (χ4n) is 1.09. The molecule has 5 nitrogen and oxygen atoms in total. The summed E-state index contributed by atoms with van der Waals surface area (Å²) < 4.78 is 6.92. The van der Waals surface area contributed by atoms with E-state index in [4.69, 9.17) is 4.74 Å². The summed E-state index contributed by atoms with van der Waals surface area (Å²) in [4.78, 5) is 0. The third-order valence-corrected chi connectivity index (χ3v) is 1.86. The first-order chi connectivity index (χ1) is 6.74. The first kappa shape index (κ1) is 11.1. The standard InChI is InChI=1S/C9H17N3O2/c1-3-14-6-4-5-12-7-9(8(2)13)10-11-12/h7-8,13H,3-6H2,1-2H3. The molecule has 0 aliphatic rings. The molecule has 1 aromatic rings.